The van der Waals surface area contributed by atoms with E-state index in [0.717, 1.165) is 25.9 Å². The lowest BCUT2D eigenvalue weighted by molar-refractivity contribution is -0.113. The Bertz CT molecular complexity index is 242. The van der Waals surface area contributed by atoms with Crippen molar-refractivity contribution in [1.82, 2.24) is 0 Å². The molecule has 0 aliphatic carbocycles. The van der Waals surface area contributed by atoms with Crippen LogP contribution in [0.5, 0.6) is 0 Å². The van der Waals surface area contributed by atoms with Crippen LogP contribution in [0.3, 0.4) is 0 Å². The van der Waals surface area contributed by atoms with Crippen LogP contribution >= 0.6 is 0 Å². The highest BCUT2D eigenvalue weighted by molar-refractivity contribution is 4.77. The maximum atomic E-state index is 6.18. The van der Waals surface area contributed by atoms with Gasteiger partial charge in [-0.3, -0.25) is 0 Å². The van der Waals surface area contributed by atoms with Gasteiger partial charge in [0.1, 0.15) is 0 Å². The quantitative estimate of drug-likeness (QED) is 0.493. The summed E-state index contributed by atoms with van der Waals surface area (Å²) in [4.78, 5) is 0. The van der Waals surface area contributed by atoms with Crippen molar-refractivity contribution in [3.8, 4) is 0 Å². The van der Waals surface area contributed by atoms with Gasteiger partial charge in [-0.15, -0.1) is 0 Å². The van der Waals surface area contributed by atoms with E-state index < -0.39 is 0 Å². The minimum absolute atomic E-state index is 0.0407. The van der Waals surface area contributed by atoms with Crippen LogP contribution in [-0.2, 0) is 9.47 Å². The fraction of sp³-hybridized carbons (Fsp3) is 1.00. The average molecular weight is 286 g/mol. The van der Waals surface area contributed by atoms with E-state index in [-0.39, 0.29) is 11.2 Å². The first-order valence-electron chi connectivity index (χ1n) is 8.50. The van der Waals surface area contributed by atoms with Gasteiger partial charge in [0.05, 0.1) is 23.9 Å². The second kappa shape index (κ2) is 9.04. The van der Waals surface area contributed by atoms with Gasteiger partial charge in [0, 0.05) is 0 Å². The molecule has 0 spiro atoms. The highest BCUT2D eigenvalue weighted by Crippen LogP contribution is 2.27. The summed E-state index contributed by atoms with van der Waals surface area (Å²) in [6.45, 7) is 18.5. The molecule has 0 rings (SSSR count). The van der Waals surface area contributed by atoms with Crippen LogP contribution in [0.25, 0.3) is 0 Å². The predicted octanol–water partition coefficient (Wildman–Crippen LogP) is 5.59. The second-order valence-corrected chi connectivity index (χ2v) is 7.21. The summed E-state index contributed by atoms with van der Waals surface area (Å²) in [5, 5.41) is 0. The molecule has 1 unspecified atom stereocenters. The number of ether oxygens (including phenoxy) is 2. The second-order valence-electron chi connectivity index (χ2n) is 7.21. The van der Waals surface area contributed by atoms with Gasteiger partial charge in [-0.05, 0) is 59.3 Å². The molecule has 1 atom stereocenters. The number of hydrogen-bond acceptors (Lipinski definition) is 2. The third-order valence-electron chi connectivity index (χ3n) is 4.48. The molecule has 0 radical (unpaired) electrons. The van der Waals surface area contributed by atoms with Crippen LogP contribution in [0.15, 0.2) is 0 Å². The normalized spacial score (nSPS) is 14.8. The van der Waals surface area contributed by atoms with Gasteiger partial charge in [0.25, 0.3) is 0 Å². The number of hydrogen-bond donors (Lipinski definition) is 0. The SMILES string of the molecule is CCCC(C)C(C)(C)OCCC(C)(C)OC(CC)CC. The van der Waals surface area contributed by atoms with Crippen molar-refractivity contribution in [2.45, 2.75) is 105 Å². The molecule has 0 aliphatic rings. The monoisotopic (exact) mass is 286 g/mol. The summed E-state index contributed by atoms with van der Waals surface area (Å²) >= 11 is 0. The van der Waals surface area contributed by atoms with Crippen LogP contribution in [0.1, 0.15) is 87.5 Å². The summed E-state index contributed by atoms with van der Waals surface area (Å²) in [7, 11) is 0. The van der Waals surface area contributed by atoms with Crippen molar-refractivity contribution in [2.75, 3.05) is 6.61 Å². The van der Waals surface area contributed by atoms with Gasteiger partial charge in [0.2, 0.25) is 0 Å². The van der Waals surface area contributed by atoms with Crippen LogP contribution in [0.4, 0.5) is 0 Å². The maximum absolute atomic E-state index is 6.18. The lowest BCUT2D eigenvalue weighted by Gasteiger charge is -2.35. The lowest BCUT2D eigenvalue weighted by atomic mass is 9.88. The molecule has 0 amide bonds. The van der Waals surface area contributed by atoms with Crippen molar-refractivity contribution in [1.29, 1.82) is 0 Å². The summed E-state index contributed by atoms with van der Waals surface area (Å²) in [6, 6.07) is 0. The molecule has 0 bridgehead atoms. The van der Waals surface area contributed by atoms with Gasteiger partial charge in [-0.2, -0.15) is 0 Å². The third-order valence-corrected chi connectivity index (χ3v) is 4.48. The van der Waals surface area contributed by atoms with E-state index in [9.17, 15) is 0 Å². The zero-order chi connectivity index (χ0) is 15.8. The molecule has 0 aromatic carbocycles. The van der Waals surface area contributed by atoms with Crippen molar-refractivity contribution in [2.24, 2.45) is 5.92 Å². The fourth-order valence-corrected chi connectivity index (χ4v) is 2.45. The minimum atomic E-state index is -0.0965. The van der Waals surface area contributed by atoms with E-state index in [1.807, 2.05) is 0 Å². The summed E-state index contributed by atoms with van der Waals surface area (Å²) in [5.41, 5.74) is -0.137. The van der Waals surface area contributed by atoms with Gasteiger partial charge >= 0.3 is 0 Å². The Labute approximate surface area is 127 Å². The molecule has 0 aromatic rings. The van der Waals surface area contributed by atoms with Crippen molar-refractivity contribution in [3.05, 3.63) is 0 Å². The molecule has 20 heavy (non-hydrogen) atoms. The molecule has 122 valence electrons. The summed E-state index contributed by atoms with van der Waals surface area (Å²) < 4.78 is 12.3. The van der Waals surface area contributed by atoms with Crippen molar-refractivity contribution in [3.63, 3.8) is 0 Å². The Morgan fingerprint density at radius 3 is 1.95 bits per heavy atom. The maximum Gasteiger partial charge on any atom is 0.0652 e. The Kier molecular flexibility index (Phi) is 9.01. The molecule has 0 N–H and O–H groups in total. The third kappa shape index (κ3) is 7.64. The van der Waals surface area contributed by atoms with Crippen molar-refractivity contribution < 1.29 is 9.47 Å². The topological polar surface area (TPSA) is 18.5 Å². The van der Waals surface area contributed by atoms with E-state index in [4.69, 9.17) is 9.47 Å². The Hall–Kier alpha value is -0.0800. The molecular weight excluding hydrogens is 248 g/mol. The molecule has 0 fully saturated rings. The zero-order valence-electron chi connectivity index (χ0n) is 15.2. The highest BCUT2D eigenvalue weighted by Gasteiger charge is 2.28. The first-order chi connectivity index (χ1) is 9.18. The van der Waals surface area contributed by atoms with E-state index >= 15 is 0 Å². The Morgan fingerprint density at radius 2 is 1.50 bits per heavy atom. The predicted molar refractivity (Wildman–Crippen MR) is 88.3 cm³/mol. The largest absolute Gasteiger partial charge is 0.375 e. The van der Waals surface area contributed by atoms with E-state index in [2.05, 4.69) is 55.4 Å². The van der Waals surface area contributed by atoms with Gasteiger partial charge < -0.3 is 9.47 Å². The lowest BCUT2D eigenvalue weighted by Crippen LogP contribution is -2.36. The van der Waals surface area contributed by atoms with Gasteiger partial charge in [-0.1, -0.05) is 34.1 Å². The molecule has 0 aliphatic heterocycles. The van der Waals surface area contributed by atoms with Crippen LogP contribution in [-0.4, -0.2) is 23.9 Å². The van der Waals surface area contributed by atoms with E-state index in [1.54, 1.807) is 0 Å². The van der Waals surface area contributed by atoms with E-state index in [0.29, 0.717) is 12.0 Å². The first-order valence-corrected chi connectivity index (χ1v) is 8.50. The Morgan fingerprint density at radius 1 is 0.950 bits per heavy atom. The van der Waals surface area contributed by atoms with Crippen LogP contribution in [0, 0.1) is 5.92 Å². The molecule has 0 heterocycles. The van der Waals surface area contributed by atoms with Gasteiger partial charge in [0.15, 0.2) is 0 Å². The summed E-state index contributed by atoms with van der Waals surface area (Å²) in [5.74, 6) is 0.593. The molecular formula is C18H38O2. The average Bonchev–Trinajstić information content (AvgIpc) is 2.35. The number of rotatable bonds is 11. The fourth-order valence-electron chi connectivity index (χ4n) is 2.45. The smallest absolute Gasteiger partial charge is 0.0652 e. The molecule has 0 saturated carbocycles. The standard InChI is InChI=1S/C18H38O2/c1-9-12-15(4)18(7,8)19-14-13-17(5,6)20-16(10-2)11-3/h15-16H,9-14H2,1-8H3. The van der Waals surface area contributed by atoms with Gasteiger partial charge in [-0.25, -0.2) is 0 Å². The molecule has 0 saturated heterocycles. The van der Waals surface area contributed by atoms with Crippen molar-refractivity contribution >= 4 is 0 Å². The Balaban J connectivity index is 4.20. The minimum Gasteiger partial charge on any atom is -0.375 e. The zero-order valence-corrected chi connectivity index (χ0v) is 15.2. The molecule has 0 aromatic heterocycles. The van der Waals surface area contributed by atoms with Crippen LogP contribution < -0.4 is 0 Å². The molecule has 2 nitrogen and oxygen atoms in total. The first kappa shape index (κ1) is 19.9. The van der Waals surface area contributed by atoms with E-state index in [1.165, 1.54) is 12.8 Å². The highest BCUT2D eigenvalue weighted by atomic mass is 16.5. The summed E-state index contributed by atoms with van der Waals surface area (Å²) in [6.07, 6.45) is 5.93. The van der Waals surface area contributed by atoms with Crippen LogP contribution in [0.2, 0.25) is 0 Å². The molecule has 2 heteroatoms.